The topological polar surface area (TPSA) is 69.4 Å². The number of hydrogen-bond donors (Lipinski definition) is 0. The second-order valence-corrected chi connectivity index (χ2v) is 6.23. The van der Waals surface area contributed by atoms with Crippen molar-refractivity contribution in [1.29, 1.82) is 0 Å². The molecule has 0 spiro atoms. The highest BCUT2D eigenvalue weighted by atomic mass is 16.6. The van der Waals surface area contributed by atoms with Crippen molar-refractivity contribution in [2.24, 2.45) is 5.92 Å². The molecule has 0 aliphatic heterocycles. The predicted octanol–water partition coefficient (Wildman–Crippen LogP) is 4.50. The van der Waals surface area contributed by atoms with Gasteiger partial charge < -0.3 is 4.74 Å². The first-order valence-corrected chi connectivity index (χ1v) is 7.92. The third-order valence-electron chi connectivity index (χ3n) is 3.74. The molecule has 2 aromatic carbocycles. The van der Waals surface area contributed by atoms with E-state index in [-0.39, 0.29) is 11.7 Å². The van der Waals surface area contributed by atoms with Gasteiger partial charge in [0.25, 0.3) is 5.69 Å². The standard InChI is InChI=1S/C19H21NO4/c1-13(2)12-15-4-6-16(7-5-15)14(3)19(21)24-18-10-8-17(9-11-18)20(22)23/h4-11,13-14H,12H2,1-3H3/t14-/m1/s1. The van der Waals surface area contributed by atoms with Crippen LogP contribution in [0.2, 0.25) is 0 Å². The number of esters is 1. The Bertz CT molecular complexity index is 705. The number of nitrogens with zero attached hydrogens (tertiary/aromatic N) is 1. The van der Waals surface area contributed by atoms with Gasteiger partial charge in [0.05, 0.1) is 10.8 Å². The zero-order valence-electron chi connectivity index (χ0n) is 14.1. The number of nitro groups is 1. The first kappa shape index (κ1) is 17.7. The summed E-state index contributed by atoms with van der Waals surface area (Å²) >= 11 is 0. The van der Waals surface area contributed by atoms with Gasteiger partial charge in [-0.1, -0.05) is 38.1 Å². The van der Waals surface area contributed by atoms with Crippen molar-refractivity contribution in [2.45, 2.75) is 33.1 Å². The number of non-ortho nitro benzene ring substituents is 1. The Morgan fingerprint density at radius 2 is 1.62 bits per heavy atom. The molecule has 5 heteroatoms. The maximum atomic E-state index is 12.2. The molecule has 0 radical (unpaired) electrons. The van der Waals surface area contributed by atoms with Crippen LogP contribution in [0.25, 0.3) is 0 Å². The molecule has 0 heterocycles. The fourth-order valence-electron chi connectivity index (χ4n) is 2.39. The zero-order valence-corrected chi connectivity index (χ0v) is 14.1. The summed E-state index contributed by atoms with van der Waals surface area (Å²) in [5.74, 6) is 0.0861. The van der Waals surface area contributed by atoms with Crippen LogP contribution in [-0.2, 0) is 11.2 Å². The first-order valence-electron chi connectivity index (χ1n) is 7.92. The molecule has 1 atom stereocenters. The van der Waals surface area contributed by atoms with Crippen LogP contribution >= 0.6 is 0 Å². The van der Waals surface area contributed by atoms with Crippen LogP contribution in [0, 0.1) is 16.0 Å². The first-order chi connectivity index (χ1) is 11.4. The maximum Gasteiger partial charge on any atom is 0.318 e. The molecule has 5 nitrogen and oxygen atoms in total. The summed E-state index contributed by atoms with van der Waals surface area (Å²) in [6.45, 7) is 6.11. The van der Waals surface area contributed by atoms with Crippen LogP contribution in [0.4, 0.5) is 5.69 Å². The van der Waals surface area contributed by atoms with Gasteiger partial charge in [-0.15, -0.1) is 0 Å². The highest BCUT2D eigenvalue weighted by Gasteiger charge is 2.18. The monoisotopic (exact) mass is 327 g/mol. The van der Waals surface area contributed by atoms with Crippen molar-refractivity contribution in [3.8, 4) is 5.75 Å². The number of hydrogen-bond acceptors (Lipinski definition) is 4. The van der Waals surface area contributed by atoms with Crippen molar-refractivity contribution in [3.05, 3.63) is 69.8 Å². The molecule has 126 valence electrons. The molecule has 0 saturated heterocycles. The molecule has 0 unspecified atom stereocenters. The third kappa shape index (κ3) is 4.65. The molecule has 0 aliphatic carbocycles. The molecule has 2 aromatic rings. The van der Waals surface area contributed by atoms with Gasteiger partial charge in [-0.2, -0.15) is 0 Å². The van der Waals surface area contributed by atoms with Crippen molar-refractivity contribution >= 4 is 11.7 Å². The van der Waals surface area contributed by atoms with E-state index in [9.17, 15) is 14.9 Å². The molecular formula is C19H21NO4. The van der Waals surface area contributed by atoms with Crippen molar-refractivity contribution < 1.29 is 14.5 Å². The summed E-state index contributed by atoms with van der Waals surface area (Å²) in [7, 11) is 0. The predicted molar refractivity (Wildman–Crippen MR) is 92.1 cm³/mol. The summed E-state index contributed by atoms with van der Waals surface area (Å²) in [6.07, 6.45) is 1.00. The Kier molecular flexibility index (Phi) is 5.68. The molecule has 2 rings (SSSR count). The molecule has 0 aromatic heterocycles. The summed E-state index contributed by atoms with van der Waals surface area (Å²) in [6, 6.07) is 13.4. The lowest BCUT2D eigenvalue weighted by Crippen LogP contribution is -2.16. The molecule has 24 heavy (non-hydrogen) atoms. The van der Waals surface area contributed by atoms with Gasteiger partial charge in [0.2, 0.25) is 0 Å². The van der Waals surface area contributed by atoms with E-state index in [0.29, 0.717) is 11.7 Å². The van der Waals surface area contributed by atoms with Crippen LogP contribution in [0.3, 0.4) is 0 Å². The van der Waals surface area contributed by atoms with E-state index in [1.54, 1.807) is 6.92 Å². The second-order valence-electron chi connectivity index (χ2n) is 6.23. The number of benzene rings is 2. The summed E-state index contributed by atoms with van der Waals surface area (Å²) < 4.78 is 5.30. The zero-order chi connectivity index (χ0) is 17.7. The Hall–Kier alpha value is -2.69. The van der Waals surface area contributed by atoms with Gasteiger partial charge in [0.15, 0.2) is 0 Å². The minimum absolute atomic E-state index is 0.0383. The second kappa shape index (κ2) is 7.73. The minimum Gasteiger partial charge on any atom is -0.426 e. The fourth-order valence-corrected chi connectivity index (χ4v) is 2.39. The fraction of sp³-hybridized carbons (Fsp3) is 0.316. The van der Waals surface area contributed by atoms with Crippen LogP contribution in [0.1, 0.15) is 37.8 Å². The van der Waals surface area contributed by atoms with E-state index in [2.05, 4.69) is 13.8 Å². The van der Waals surface area contributed by atoms with Gasteiger partial charge >= 0.3 is 5.97 Å². The lowest BCUT2D eigenvalue weighted by molar-refractivity contribution is -0.384. The Balaban J connectivity index is 2.02. The molecule has 0 fully saturated rings. The van der Waals surface area contributed by atoms with E-state index < -0.39 is 10.8 Å². The number of rotatable bonds is 6. The number of carbonyl (C=O) groups excluding carboxylic acids is 1. The average molecular weight is 327 g/mol. The molecule has 0 bridgehead atoms. The quantitative estimate of drug-likeness (QED) is 0.339. The van der Waals surface area contributed by atoms with Gasteiger partial charge in [0, 0.05) is 12.1 Å². The highest BCUT2D eigenvalue weighted by Crippen LogP contribution is 2.22. The average Bonchev–Trinajstić information content (AvgIpc) is 2.54. The molecule has 0 amide bonds. The highest BCUT2D eigenvalue weighted by molar-refractivity contribution is 5.80. The van der Waals surface area contributed by atoms with E-state index in [4.69, 9.17) is 4.74 Å². The Labute approximate surface area is 141 Å². The summed E-state index contributed by atoms with van der Waals surface area (Å²) in [4.78, 5) is 22.4. The molecule has 0 aliphatic rings. The number of ether oxygens (including phenoxy) is 1. The number of carbonyl (C=O) groups is 1. The lowest BCUT2D eigenvalue weighted by Gasteiger charge is -2.12. The van der Waals surface area contributed by atoms with Gasteiger partial charge in [-0.25, -0.2) is 0 Å². The van der Waals surface area contributed by atoms with E-state index in [1.165, 1.54) is 29.8 Å². The van der Waals surface area contributed by atoms with E-state index in [1.807, 2.05) is 24.3 Å². The normalized spacial score (nSPS) is 12.0. The Morgan fingerprint density at radius 3 is 2.12 bits per heavy atom. The maximum absolute atomic E-state index is 12.2. The van der Waals surface area contributed by atoms with E-state index >= 15 is 0 Å². The van der Waals surface area contributed by atoms with E-state index in [0.717, 1.165) is 12.0 Å². The van der Waals surface area contributed by atoms with Crippen LogP contribution in [-0.4, -0.2) is 10.9 Å². The SMILES string of the molecule is CC(C)Cc1ccc([C@@H](C)C(=O)Oc2ccc([N+](=O)[O-])cc2)cc1. The third-order valence-corrected chi connectivity index (χ3v) is 3.74. The van der Waals surface area contributed by atoms with Gasteiger partial charge in [-0.05, 0) is 42.5 Å². The molecule has 0 N–H and O–H groups in total. The van der Waals surface area contributed by atoms with Crippen LogP contribution < -0.4 is 4.74 Å². The molecular weight excluding hydrogens is 306 g/mol. The lowest BCUT2D eigenvalue weighted by atomic mass is 9.97. The van der Waals surface area contributed by atoms with Crippen LogP contribution in [0.15, 0.2) is 48.5 Å². The van der Waals surface area contributed by atoms with Crippen LogP contribution in [0.5, 0.6) is 5.75 Å². The largest absolute Gasteiger partial charge is 0.426 e. The van der Waals surface area contributed by atoms with Gasteiger partial charge in [-0.3, -0.25) is 14.9 Å². The summed E-state index contributed by atoms with van der Waals surface area (Å²) in [5.41, 5.74) is 2.09. The summed E-state index contributed by atoms with van der Waals surface area (Å²) in [5, 5.41) is 10.6. The molecule has 0 saturated carbocycles. The Morgan fingerprint density at radius 1 is 1.04 bits per heavy atom. The van der Waals surface area contributed by atoms with Crippen molar-refractivity contribution in [1.82, 2.24) is 0 Å². The minimum atomic E-state index is -0.493. The number of nitro benzene ring substituents is 1. The van der Waals surface area contributed by atoms with Gasteiger partial charge in [0.1, 0.15) is 5.75 Å². The van der Waals surface area contributed by atoms with Crippen molar-refractivity contribution in [2.75, 3.05) is 0 Å². The van der Waals surface area contributed by atoms with Crippen molar-refractivity contribution in [3.63, 3.8) is 0 Å². The smallest absolute Gasteiger partial charge is 0.318 e.